The topological polar surface area (TPSA) is 81.4 Å². The predicted molar refractivity (Wildman–Crippen MR) is 70.9 cm³/mol. The van der Waals surface area contributed by atoms with E-state index in [1.165, 1.54) is 7.11 Å². The second kappa shape index (κ2) is 8.91. The second-order valence-electron chi connectivity index (χ2n) is 4.94. The van der Waals surface area contributed by atoms with Crippen LogP contribution in [0.4, 0.5) is 0 Å². The van der Waals surface area contributed by atoms with Crippen LogP contribution in [0, 0.1) is 11.8 Å². The molecule has 0 spiro atoms. The fraction of sp³-hybridized carbons (Fsp3) is 0.846. The molecule has 0 aliphatic carbocycles. The number of ether oxygens (including phenoxy) is 1. The highest BCUT2D eigenvalue weighted by Gasteiger charge is 2.25. The third kappa shape index (κ3) is 6.00. The van der Waals surface area contributed by atoms with E-state index in [0.29, 0.717) is 18.9 Å². The van der Waals surface area contributed by atoms with Crippen molar-refractivity contribution in [3.8, 4) is 0 Å². The molecule has 0 aromatic carbocycles. The Bertz CT molecular complexity index is 267. The van der Waals surface area contributed by atoms with Crippen LogP contribution >= 0.6 is 0 Å². The molecule has 5 nitrogen and oxygen atoms in total. The maximum Gasteiger partial charge on any atom is 0.328 e. The van der Waals surface area contributed by atoms with Gasteiger partial charge in [0.1, 0.15) is 6.04 Å². The number of nitrogens with two attached hydrogens (primary N) is 1. The first-order valence-electron chi connectivity index (χ1n) is 6.54. The molecule has 0 aromatic heterocycles. The van der Waals surface area contributed by atoms with Crippen LogP contribution in [0.15, 0.2) is 0 Å². The van der Waals surface area contributed by atoms with Gasteiger partial charge < -0.3 is 15.8 Å². The molecule has 0 aliphatic heterocycles. The van der Waals surface area contributed by atoms with Gasteiger partial charge >= 0.3 is 5.97 Å². The monoisotopic (exact) mass is 258 g/mol. The summed E-state index contributed by atoms with van der Waals surface area (Å²) in [6.45, 7) is 6.29. The molecule has 0 aromatic rings. The van der Waals surface area contributed by atoms with Crippen LogP contribution < -0.4 is 11.1 Å². The molecule has 106 valence electrons. The number of carbonyl (C=O) groups is 2. The SMILES string of the molecule is CCCC(CN)C(=O)N[C@@H](CC(C)C)C(=O)OC. The number of esters is 1. The third-order valence-electron chi connectivity index (χ3n) is 2.80. The predicted octanol–water partition coefficient (Wildman–Crippen LogP) is 1.07. The normalized spacial score (nSPS) is 14.1. The van der Waals surface area contributed by atoms with Gasteiger partial charge in [-0.2, -0.15) is 0 Å². The Hall–Kier alpha value is -1.10. The smallest absolute Gasteiger partial charge is 0.328 e. The Morgan fingerprint density at radius 1 is 1.33 bits per heavy atom. The Balaban J connectivity index is 4.55. The van der Waals surface area contributed by atoms with Crippen molar-refractivity contribution < 1.29 is 14.3 Å². The minimum Gasteiger partial charge on any atom is -0.467 e. The van der Waals surface area contributed by atoms with E-state index in [1.807, 2.05) is 20.8 Å². The zero-order valence-corrected chi connectivity index (χ0v) is 11.9. The first-order valence-corrected chi connectivity index (χ1v) is 6.54. The van der Waals surface area contributed by atoms with Gasteiger partial charge in [0, 0.05) is 6.54 Å². The zero-order valence-electron chi connectivity index (χ0n) is 11.9. The van der Waals surface area contributed by atoms with E-state index in [2.05, 4.69) is 5.32 Å². The molecule has 1 amide bonds. The molecule has 5 heteroatoms. The number of methoxy groups -OCH3 is 1. The van der Waals surface area contributed by atoms with Gasteiger partial charge in [-0.15, -0.1) is 0 Å². The second-order valence-corrected chi connectivity index (χ2v) is 4.94. The van der Waals surface area contributed by atoms with Gasteiger partial charge in [0.25, 0.3) is 0 Å². The lowest BCUT2D eigenvalue weighted by atomic mass is 10.00. The molecular weight excluding hydrogens is 232 g/mol. The van der Waals surface area contributed by atoms with Crippen molar-refractivity contribution in [2.24, 2.45) is 17.6 Å². The zero-order chi connectivity index (χ0) is 14.1. The van der Waals surface area contributed by atoms with E-state index in [-0.39, 0.29) is 11.8 Å². The van der Waals surface area contributed by atoms with Gasteiger partial charge in [0.05, 0.1) is 13.0 Å². The van der Waals surface area contributed by atoms with E-state index >= 15 is 0 Å². The molecular formula is C13H26N2O3. The maximum absolute atomic E-state index is 12.0. The number of carbonyl (C=O) groups excluding carboxylic acids is 2. The van der Waals surface area contributed by atoms with Crippen molar-refractivity contribution in [2.75, 3.05) is 13.7 Å². The summed E-state index contributed by atoms with van der Waals surface area (Å²) in [5.41, 5.74) is 5.57. The van der Waals surface area contributed by atoms with Gasteiger partial charge in [-0.1, -0.05) is 27.2 Å². The summed E-state index contributed by atoms with van der Waals surface area (Å²) < 4.78 is 4.70. The first-order chi connectivity index (χ1) is 8.46. The lowest BCUT2D eigenvalue weighted by Gasteiger charge is -2.21. The average Bonchev–Trinajstić information content (AvgIpc) is 2.33. The summed E-state index contributed by atoms with van der Waals surface area (Å²) in [6.07, 6.45) is 2.20. The van der Waals surface area contributed by atoms with Gasteiger partial charge in [-0.05, 0) is 18.8 Å². The highest BCUT2D eigenvalue weighted by molar-refractivity contribution is 5.85. The molecule has 0 radical (unpaired) electrons. The van der Waals surface area contributed by atoms with Crippen molar-refractivity contribution in [1.29, 1.82) is 0 Å². The third-order valence-corrected chi connectivity index (χ3v) is 2.80. The summed E-state index contributed by atoms with van der Waals surface area (Å²) in [4.78, 5) is 23.6. The largest absolute Gasteiger partial charge is 0.467 e. The van der Waals surface area contributed by atoms with Gasteiger partial charge in [0.15, 0.2) is 0 Å². The number of amides is 1. The van der Waals surface area contributed by atoms with Crippen LogP contribution in [0.1, 0.15) is 40.0 Å². The Morgan fingerprint density at radius 3 is 2.33 bits per heavy atom. The van der Waals surface area contributed by atoms with Crippen LogP contribution in [0.5, 0.6) is 0 Å². The van der Waals surface area contributed by atoms with E-state index < -0.39 is 12.0 Å². The molecule has 0 saturated heterocycles. The molecule has 0 heterocycles. The minimum absolute atomic E-state index is 0.157. The van der Waals surface area contributed by atoms with Crippen LogP contribution in [-0.2, 0) is 14.3 Å². The average molecular weight is 258 g/mol. The summed E-state index contributed by atoms with van der Waals surface area (Å²) in [6, 6.07) is -0.576. The van der Waals surface area contributed by atoms with Gasteiger partial charge in [0.2, 0.25) is 5.91 Å². The summed E-state index contributed by atoms with van der Waals surface area (Å²) in [5, 5.41) is 2.74. The number of hydrogen-bond acceptors (Lipinski definition) is 4. The van der Waals surface area contributed by atoms with E-state index in [4.69, 9.17) is 10.5 Å². The Morgan fingerprint density at radius 2 is 1.94 bits per heavy atom. The maximum atomic E-state index is 12.0. The lowest BCUT2D eigenvalue weighted by Crippen LogP contribution is -2.46. The number of hydrogen-bond donors (Lipinski definition) is 2. The summed E-state index contributed by atoms with van der Waals surface area (Å²) in [7, 11) is 1.33. The fourth-order valence-electron chi connectivity index (χ4n) is 1.82. The summed E-state index contributed by atoms with van der Waals surface area (Å²) >= 11 is 0. The molecule has 0 saturated carbocycles. The van der Waals surface area contributed by atoms with Crippen molar-refractivity contribution in [3.05, 3.63) is 0 Å². The molecule has 0 aliphatic rings. The van der Waals surface area contributed by atoms with Gasteiger partial charge in [-0.3, -0.25) is 4.79 Å². The fourth-order valence-corrected chi connectivity index (χ4v) is 1.82. The van der Waals surface area contributed by atoms with Crippen molar-refractivity contribution in [2.45, 2.75) is 46.1 Å². The first kappa shape index (κ1) is 16.9. The Labute approximate surface area is 109 Å². The van der Waals surface area contributed by atoms with Crippen LogP contribution in [0.2, 0.25) is 0 Å². The molecule has 0 bridgehead atoms. The Kier molecular flexibility index (Phi) is 8.37. The molecule has 18 heavy (non-hydrogen) atoms. The number of rotatable bonds is 8. The van der Waals surface area contributed by atoms with E-state index in [1.54, 1.807) is 0 Å². The van der Waals surface area contributed by atoms with Gasteiger partial charge in [-0.25, -0.2) is 4.79 Å². The van der Waals surface area contributed by atoms with E-state index in [0.717, 1.165) is 12.8 Å². The van der Waals surface area contributed by atoms with Crippen molar-refractivity contribution >= 4 is 11.9 Å². The molecule has 0 fully saturated rings. The highest BCUT2D eigenvalue weighted by Crippen LogP contribution is 2.09. The molecule has 2 atom stereocenters. The molecule has 1 unspecified atom stereocenters. The highest BCUT2D eigenvalue weighted by atomic mass is 16.5. The number of nitrogens with one attached hydrogen (secondary N) is 1. The van der Waals surface area contributed by atoms with Crippen molar-refractivity contribution in [3.63, 3.8) is 0 Å². The molecule has 3 N–H and O–H groups in total. The van der Waals surface area contributed by atoms with Crippen LogP contribution in [-0.4, -0.2) is 31.6 Å². The summed E-state index contributed by atoms with van der Waals surface area (Å²) in [5.74, 6) is -0.481. The quantitative estimate of drug-likeness (QED) is 0.638. The van der Waals surface area contributed by atoms with E-state index in [9.17, 15) is 9.59 Å². The molecule has 0 rings (SSSR count). The minimum atomic E-state index is -0.576. The standard InChI is InChI=1S/C13H26N2O3/c1-5-6-10(8-14)12(16)15-11(7-9(2)3)13(17)18-4/h9-11H,5-8,14H2,1-4H3,(H,15,16)/t10?,11-/m0/s1. The van der Waals surface area contributed by atoms with Crippen LogP contribution in [0.25, 0.3) is 0 Å². The van der Waals surface area contributed by atoms with Crippen molar-refractivity contribution in [1.82, 2.24) is 5.32 Å². The lowest BCUT2D eigenvalue weighted by molar-refractivity contribution is -0.146. The van der Waals surface area contributed by atoms with Crippen LogP contribution in [0.3, 0.4) is 0 Å².